The van der Waals surface area contributed by atoms with E-state index in [2.05, 4.69) is 5.10 Å². The van der Waals surface area contributed by atoms with Crippen LogP contribution in [0.15, 0.2) is 23.3 Å². The summed E-state index contributed by atoms with van der Waals surface area (Å²) in [5.41, 5.74) is -4.49. The zero-order valence-electron chi connectivity index (χ0n) is 15.1. The van der Waals surface area contributed by atoms with Crippen LogP contribution in [0.5, 0.6) is 5.75 Å². The van der Waals surface area contributed by atoms with E-state index in [1.165, 1.54) is 45.9 Å². The fourth-order valence-electron chi connectivity index (χ4n) is 2.50. The fraction of sp³-hybridized carbons (Fsp3) is 0.529. The van der Waals surface area contributed by atoms with Gasteiger partial charge in [-0.2, -0.15) is 23.3 Å². The van der Waals surface area contributed by atoms with E-state index in [4.69, 9.17) is 27.9 Å². The van der Waals surface area contributed by atoms with E-state index in [0.29, 0.717) is 10.0 Å². The summed E-state index contributed by atoms with van der Waals surface area (Å²) in [4.78, 5) is 12.8. The molecule has 1 amide bonds. The summed E-state index contributed by atoms with van der Waals surface area (Å²) >= 11 is 11.8. The molecule has 0 saturated carbocycles. The van der Waals surface area contributed by atoms with Crippen LogP contribution in [0, 0.1) is 5.41 Å². The number of rotatable bonds is 3. The molecule has 1 heterocycles. The van der Waals surface area contributed by atoms with Gasteiger partial charge in [-0.15, -0.1) is 0 Å². The van der Waals surface area contributed by atoms with E-state index >= 15 is 0 Å². The zero-order chi connectivity index (χ0) is 20.8. The van der Waals surface area contributed by atoms with Crippen molar-refractivity contribution in [2.45, 2.75) is 52.1 Å². The lowest BCUT2D eigenvalue weighted by Crippen LogP contribution is -2.57. The average molecular weight is 427 g/mol. The van der Waals surface area contributed by atoms with Crippen LogP contribution in [-0.4, -0.2) is 39.7 Å². The smallest absolute Gasteiger partial charge is 0.431 e. The molecule has 2 atom stereocenters. The molecule has 0 aliphatic carbocycles. The second kappa shape index (κ2) is 7.14. The normalized spacial score (nSPS) is 21.9. The van der Waals surface area contributed by atoms with Crippen molar-refractivity contribution in [2.75, 3.05) is 0 Å². The number of alkyl halides is 3. The van der Waals surface area contributed by atoms with Crippen LogP contribution in [0.4, 0.5) is 13.2 Å². The molecule has 0 radical (unpaired) electrons. The summed E-state index contributed by atoms with van der Waals surface area (Å²) in [6.07, 6.45) is -6.85. The molecule has 1 aliphatic heterocycles. The largest absolute Gasteiger partial charge is 0.479 e. The maximum Gasteiger partial charge on any atom is 0.431 e. The number of carbonyl (C=O) groups excluding carboxylic acids is 1. The summed E-state index contributed by atoms with van der Waals surface area (Å²) in [6, 6.07) is 4.32. The van der Waals surface area contributed by atoms with Crippen molar-refractivity contribution in [2.24, 2.45) is 10.5 Å². The van der Waals surface area contributed by atoms with Crippen molar-refractivity contribution in [3.05, 3.63) is 28.2 Å². The third kappa shape index (κ3) is 4.33. The van der Waals surface area contributed by atoms with Crippen LogP contribution >= 0.6 is 23.2 Å². The lowest BCUT2D eigenvalue weighted by Gasteiger charge is -2.42. The predicted octanol–water partition coefficient (Wildman–Crippen LogP) is 4.65. The number of hydrogen-bond donors (Lipinski definition) is 1. The molecule has 0 aromatic heterocycles. The Labute approximate surface area is 164 Å². The Morgan fingerprint density at radius 2 is 1.93 bits per heavy atom. The van der Waals surface area contributed by atoms with Gasteiger partial charge in [-0.25, -0.2) is 0 Å². The first kappa shape index (κ1) is 21.8. The van der Waals surface area contributed by atoms with Crippen molar-refractivity contribution >= 4 is 34.8 Å². The molecule has 1 aromatic rings. The number of amides is 1. The number of ether oxygens (including phenoxy) is 1. The number of nitrogens with zero attached hydrogens (tertiary/aromatic N) is 2. The van der Waals surface area contributed by atoms with Gasteiger partial charge in [-0.1, -0.05) is 44.0 Å². The molecule has 0 spiro atoms. The second-order valence-corrected chi connectivity index (χ2v) is 8.12. The maximum atomic E-state index is 13.1. The lowest BCUT2D eigenvalue weighted by molar-refractivity contribution is -0.187. The third-order valence-corrected chi connectivity index (χ3v) is 4.80. The Kier molecular flexibility index (Phi) is 5.76. The minimum Gasteiger partial charge on any atom is -0.479 e. The molecule has 0 bridgehead atoms. The molecule has 0 saturated heterocycles. The van der Waals surface area contributed by atoms with E-state index in [-0.39, 0.29) is 10.8 Å². The van der Waals surface area contributed by atoms with Crippen LogP contribution in [0.3, 0.4) is 0 Å². The van der Waals surface area contributed by atoms with E-state index < -0.39 is 41.5 Å². The summed E-state index contributed by atoms with van der Waals surface area (Å²) in [6.45, 7) is 5.88. The van der Waals surface area contributed by atoms with Gasteiger partial charge in [0.1, 0.15) is 11.5 Å². The number of benzene rings is 1. The molecule has 5 nitrogen and oxygen atoms in total. The number of carbonyl (C=O) groups is 1. The van der Waals surface area contributed by atoms with Gasteiger partial charge in [0.2, 0.25) is 0 Å². The van der Waals surface area contributed by atoms with Gasteiger partial charge in [0.15, 0.2) is 11.8 Å². The number of halogens is 5. The van der Waals surface area contributed by atoms with E-state index in [9.17, 15) is 23.1 Å². The van der Waals surface area contributed by atoms with Crippen LogP contribution in [-0.2, 0) is 4.79 Å². The Hall–Kier alpha value is -1.51. The first-order chi connectivity index (χ1) is 12.2. The predicted molar refractivity (Wildman–Crippen MR) is 95.9 cm³/mol. The van der Waals surface area contributed by atoms with Crippen LogP contribution in [0.2, 0.25) is 10.0 Å². The minimum atomic E-state index is -4.77. The number of aliphatic hydroxyl groups is 1. The monoisotopic (exact) mass is 426 g/mol. The molecule has 150 valence electrons. The Morgan fingerprint density at radius 1 is 1.33 bits per heavy atom. The average Bonchev–Trinajstić information content (AvgIpc) is 2.88. The highest BCUT2D eigenvalue weighted by atomic mass is 35.5. The van der Waals surface area contributed by atoms with Crippen LogP contribution in [0.1, 0.15) is 34.1 Å². The lowest BCUT2D eigenvalue weighted by atomic mass is 9.80. The van der Waals surface area contributed by atoms with E-state index in [1.54, 1.807) is 0 Å². The zero-order valence-corrected chi connectivity index (χ0v) is 16.6. The van der Waals surface area contributed by atoms with Crippen molar-refractivity contribution in [1.29, 1.82) is 0 Å². The molecule has 1 N–H and O–H groups in total. The standard InChI is InChI=1S/C17H19Cl2F3N2O3/c1-9(27-12-6-5-10(18)7-11(12)19)14(25)24-16(26,15(2,3)4)8-13(23-24)17(20,21)22/h5-7,9,26H,8H2,1-4H3/t9-,16-/m0/s1. The van der Waals surface area contributed by atoms with Crippen LogP contribution in [0.25, 0.3) is 0 Å². The summed E-state index contributed by atoms with van der Waals surface area (Å²) in [5.74, 6) is -0.807. The van der Waals surface area contributed by atoms with Crippen molar-refractivity contribution in [1.82, 2.24) is 5.01 Å². The molecule has 0 unspecified atom stereocenters. The molecular weight excluding hydrogens is 408 g/mol. The molecule has 27 heavy (non-hydrogen) atoms. The maximum absolute atomic E-state index is 13.1. The molecule has 10 heteroatoms. The van der Waals surface area contributed by atoms with Gasteiger partial charge in [0.05, 0.1) is 5.02 Å². The van der Waals surface area contributed by atoms with Gasteiger partial charge >= 0.3 is 6.18 Å². The van der Waals surface area contributed by atoms with Gasteiger partial charge < -0.3 is 9.84 Å². The fourth-order valence-corrected chi connectivity index (χ4v) is 2.96. The van der Waals surface area contributed by atoms with Crippen molar-refractivity contribution < 1.29 is 27.8 Å². The highest BCUT2D eigenvalue weighted by molar-refractivity contribution is 6.35. The van der Waals surface area contributed by atoms with Gasteiger partial charge in [-0.05, 0) is 25.1 Å². The summed E-state index contributed by atoms with van der Waals surface area (Å²) < 4.78 is 44.8. The molecule has 2 rings (SSSR count). The van der Waals surface area contributed by atoms with Gasteiger partial charge in [0.25, 0.3) is 5.91 Å². The minimum absolute atomic E-state index is 0.125. The van der Waals surface area contributed by atoms with Crippen molar-refractivity contribution in [3.8, 4) is 5.75 Å². The summed E-state index contributed by atoms with van der Waals surface area (Å²) in [7, 11) is 0. The van der Waals surface area contributed by atoms with Gasteiger partial charge in [0, 0.05) is 16.9 Å². The number of hydrazone groups is 1. The first-order valence-electron chi connectivity index (χ1n) is 7.99. The topological polar surface area (TPSA) is 62.1 Å². The molecule has 1 aliphatic rings. The first-order valence-corrected chi connectivity index (χ1v) is 8.75. The second-order valence-electron chi connectivity index (χ2n) is 7.27. The molecule has 1 aromatic carbocycles. The van der Waals surface area contributed by atoms with E-state index in [1.807, 2.05) is 0 Å². The van der Waals surface area contributed by atoms with Gasteiger partial charge in [-0.3, -0.25) is 4.79 Å². The highest BCUT2D eigenvalue weighted by Crippen LogP contribution is 2.44. The third-order valence-electron chi connectivity index (χ3n) is 4.27. The SMILES string of the molecule is C[C@H](Oc1ccc(Cl)cc1Cl)C(=O)N1N=C(C(F)(F)F)C[C@]1(O)C(C)(C)C. The van der Waals surface area contributed by atoms with Crippen LogP contribution < -0.4 is 4.74 Å². The Balaban J connectivity index is 2.33. The Bertz CT molecular complexity index is 778. The highest BCUT2D eigenvalue weighted by Gasteiger charge is 2.58. The molecular formula is C17H19Cl2F3N2O3. The number of hydrogen-bond acceptors (Lipinski definition) is 4. The molecule has 0 fully saturated rings. The summed E-state index contributed by atoms with van der Waals surface area (Å²) in [5, 5.41) is 15.2. The Morgan fingerprint density at radius 3 is 2.41 bits per heavy atom. The quantitative estimate of drug-likeness (QED) is 0.764. The van der Waals surface area contributed by atoms with Crippen molar-refractivity contribution in [3.63, 3.8) is 0 Å². The van der Waals surface area contributed by atoms with E-state index in [0.717, 1.165) is 0 Å².